The number of nitrogens with one attached hydrogen (secondary N) is 2. The van der Waals surface area contributed by atoms with Crippen LogP contribution in [0.1, 0.15) is 42.5 Å². The highest BCUT2D eigenvalue weighted by Gasteiger charge is 2.46. The summed E-state index contributed by atoms with van der Waals surface area (Å²) in [6.07, 6.45) is 12.7. The summed E-state index contributed by atoms with van der Waals surface area (Å²) < 4.78 is 0. The zero-order valence-electron chi connectivity index (χ0n) is 14.7. The first kappa shape index (κ1) is 17.1. The maximum absolute atomic E-state index is 13.4. The zero-order chi connectivity index (χ0) is 17.0. The lowest BCUT2D eigenvalue weighted by atomic mass is 9.70. The van der Waals surface area contributed by atoms with Crippen molar-refractivity contribution in [1.29, 1.82) is 0 Å². The molecule has 0 aliphatic heterocycles. The lowest BCUT2D eigenvalue weighted by Crippen LogP contribution is -2.63. The molecule has 2 atom stereocenters. The second kappa shape index (κ2) is 7.45. The van der Waals surface area contributed by atoms with E-state index >= 15 is 0 Å². The van der Waals surface area contributed by atoms with Crippen molar-refractivity contribution in [1.82, 2.24) is 10.6 Å². The molecule has 1 aromatic rings. The van der Waals surface area contributed by atoms with E-state index in [1.54, 1.807) is 0 Å². The SMILES string of the molecule is CNC1C(C2CCCCC2)=CC=CC1(NC)C(=O)c1ccccc1. The number of hydrogen-bond donors (Lipinski definition) is 2. The number of carbonyl (C=O) groups is 1. The fourth-order valence-electron chi connectivity index (χ4n) is 4.34. The topological polar surface area (TPSA) is 41.1 Å². The number of hydrogen-bond acceptors (Lipinski definition) is 3. The van der Waals surface area contributed by atoms with E-state index < -0.39 is 5.54 Å². The third-order valence-electron chi connectivity index (χ3n) is 5.63. The Bertz CT molecular complexity index is 628. The number of likely N-dealkylation sites (N-methyl/N-ethyl adjacent to an activating group) is 2. The second-order valence-electron chi connectivity index (χ2n) is 6.90. The van der Waals surface area contributed by atoms with Crippen LogP contribution in [0.3, 0.4) is 0 Å². The van der Waals surface area contributed by atoms with Crippen molar-refractivity contribution in [2.75, 3.05) is 14.1 Å². The van der Waals surface area contributed by atoms with E-state index in [0.29, 0.717) is 5.92 Å². The number of rotatable bonds is 5. The highest BCUT2D eigenvalue weighted by Crippen LogP contribution is 2.37. The molecule has 1 aromatic carbocycles. The Balaban J connectivity index is 1.96. The first-order valence-electron chi connectivity index (χ1n) is 9.08. The van der Waals surface area contributed by atoms with Gasteiger partial charge in [0.2, 0.25) is 0 Å². The smallest absolute Gasteiger partial charge is 0.188 e. The molecule has 0 bridgehead atoms. The zero-order valence-corrected chi connectivity index (χ0v) is 14.7. The molecule has 128 valence electrons. The van der Waals surface area contributed by atoms with Gasteiger partial charge in [-0.25, -0.2) is 0 Å². The Morgan fingerprint density at radius 2 is 1.79 bits per heavy atom. The highest BCUT2D eigenvalue weighted by molar-refractivity contribution is 6.06. The van der Waals surface area contributed by atoms with Crippen LogP contribution in [0.4, 0.5) is 0 Å². The second-order valence-corrected chi connectivity index (χ2v) is 6.90. The highest BCUT2D eigenvalue weighted by atomic mass is 16.1. The van der Waals surface area contributed by atoms with E-state index in [4.69, 9.17) is 0 Å². The third-order valence-corrected chi connectivity index (χ3v) is 5.63. The van der Waals surface area contributed by atoms with Crippen LogP contribution in [0.15, 0.2) is 54.1 Å². The summed E-state index contributed by atoms with van der Waals surface area (Å²) in [5.41, 5.74) is 1.40. The van der Waals surface area contributed by atoms with Gasteiger partial charge in [-0.2, -0.15) is 0 Å². The minimum Gasteiger partial charge on any atom is -0.311 e. The average molecular weight is 324 g/mol. The van der Waals surface area contributed by atoms with Gasteiger partial charge in [0.15, 0.2) is 5.78 Å². The predicted octanol–water partition coefficient (Wildman–Crippen LogP) is 3.49. The fraction of sp³-hybridized carbons (Fsp3) is 0.476. The molecule has 3 nitrogen and oxygen atoms in total. The van der Waals surface area contributed by atoms with Gasteiger partial charge in [-0.15, -0.1) is 0 Å². The molecule has 0 amide bonds. The van der Waals surface area contributed by atoms with Crippen LogP contribution < -0.4 is 10.6 Å². The van der Waals surface area contributed by atoms with Gasteiger partial charge in [-0.3, -0.25) is 4.79 Å². The van der Waals surface area contributed by atoms with E-state index in [9.17, 15) is 4.79 Å². The van der Waals surface area contributed by atoms with Gasteiger partial charge in [0, 0.05) is 5.56 Å². The Kier molecular flexibility index (Phi) is 5.32. The summed E-state index contributed by atoms with van der Waals surface area (Å²) >= 11 is 0. The van der Waals surface area contributed by atoms with Crippen molar-refractivity contribution in [3.63, 3.8) is 0 Å². The average Bonchev–Trinajstić information content (AvgIpc) is 2.68. The van der Waals surface area contributed by atoms with E-state index in [1.807, 2.05) is 50.5 Å². The van der Waals surface area contributed by atoms with Crippen LogP contribution >= 0.6 is 0 Å². The largest absolute Gasteiger partial charge is 0.311 e. The van der Waals surface area contributed by atoms with Crippen molar-refractivity contribution < 1.29 is 4.79 Å². The summed E-state index contributed by atoms with van der Waals surface area (Å²) in [7, 11) is 3.85. The summed E-state index contributed by atoms with van der Waals surface area (Å²) in [4.78, 5) is 13.4. The molecule has 3 heteroatoms. The molecule has 0 aromatic heterocycles. The molecule has 2 N–H and O–H groups in total. The van der Waals surface area contributed by atoms with Crippen LogP contribution in [0, 0.1) is 5.92 Å². The fourth-order valence-corrected chi connectivity index (χ4v) is 4.34. The molecule has 0 heterocycles. The van der Waals surface area contributed by atoms with Crippen LogP contribution in [-0.2, 0) is 0 Å². The Morgan fingerprint density at radius 3 is 2.42 bits per heavy atom. The molecular weight excluding hydrogens is 296 g/mol. The van der Waals surface area contributed by atoms with Gasteiger partial charge in [-0.05, 0) is 38.4 Å². The molecule has 1 saturated carbocycles. The van der Waals surface area contributed by atoms with Gasteiger partial charge in [0.1, 0.15) is 5.54 Å². The molecule has 3 rings (SSSR count). The maximum atomic E-state index is 13.4. The van der Waals surface area contributed by atoms with Gasteiger partial charge in [-0.1, -0.05) is 67.8 Å². The first-order valence-corrected chi connectivity index (χ1v) is 9.08. The van der Waals surface area contributed by atoms with E-state index in [-0.39, 0.29) is 11.8 Å². The third kappa shape index (κ3) is 2.99. The molecule has 0 spiro atoms. The van der Waals surface area contributed by atoms with Crippen molar-refractivity contribution in [3.8, 4) is 0 Å². The van der Waals surface area contributed by atoms with Crippen molar-refractivity contribution in [2.45, 2.75) is 43.7 Å². The predicted molar refractivity (Wildman–Crippen MR) is 99.2 cm³/mol. The van der Waals surface area contributed by atoms with Crippen LogP contribution in [0.2, 0.25) is 0 Å². The van der Waals surface area contributed by atoms with E-state index in [0.717, 1.165) is 5.56 Å². The Labute approximate surface area is 145 Å². The minimum absolute atomic E-state index is 0.0108. The molecule has 0 saturated heterocycles. The molecule has 1 fully saturated rings. The number of ketones is 1. The van der Waals surface area contributed by atoms with Crippen LogP contribution in [0.25, 0.3) is 0 Å². The molecule has 0 radical (unpaired) electrons. The normalized spacial score (nSPS) is 27.8. The van der Waals surface area contributed by atoms with Crippen molar-refractivity contribution in [2.24, 2.45) is 5.92 Å². The quantitative estimate of drug-likeness (QED) is 0.815. The van der Waals surface area contributed by atoms with Gasteiger partial charge >= 0.3 is 0 Å². The van der Waals surface area contributed by atoms with Gasteiger partial charge in [0.05, 0.1) is 6.04 Å². The number of benzene rings is 1. The van der Waals surface area contributed by atoms with Crippen LogP contribution in [0.5, 0.6) is 0 Å². The van der Waals surface area contributed by atoms with Gasteiger partial charge < -0.3 is 10.6 Å². The number of allylic oxidation sites excluding steroid dienone is 2. The standard InChI is InChI=1S/C21H28N2O/c1-22-19-18(16-10-5-3-6-11-16)14-9-15-21(19,23-2)20(24)17-12-7-4-8-13-17/h4,7-9,12-16,19,22-23H,3,5-6,10-11H2,1-2H3. The van der Waals surface area contributed by atoms with Gasteiger partial charge in [0.25, 0.3) is 0 Å². The molecule has 2 aliphatic rings. The Morgan fingerprint density at radius 1 is 1.08 bits per heavy atom. The van der Waals surface area contributed by atoms with E-state index in [2.05, 4.69) is 22.8 Å². The lowest BCUT2D eigenvalue weighted by Gasteiger charge is -2.43. The summed E-state index contributed by atoms with van der Waals surface area (Å²) in [5.74, 6) is 0.708. The van der Waals surface area contributed by atoms with Crippen LogP contribution in [-0.4, -0.2) is 31.5 Å². The van der Waals surface area contributed by atoms with E-state index in [1.165, 1.54) is 37.7 Å². The lowest BCUT2D eigenvalue weighted by molar-refractivity contribution is 0.0869. The maximum Gasteiger partial charge on any atom is 0.188 e. The monoisotopic (exact) mass is 324 g/mol. The molecule has 24 heavy (non-hydrogen) atoms. The molecular formula is C21H28N2O. The molecule has 2 aliphatic carbocycles. The van der Waals surface area contributed by atoms with Crippen molar-refractivity contribution >= 4 is 5.78 Å². The summed E-state index contributed by atoms with van der Waals surface area (Å²) in [6, 6.07) is 9.59. The number of Topliss-reactive ketones (excluding diaryl/α,β-unsaturated/α-hetero) is 1. The van der Waals surface area contributed by atoms with Crippen molar-refractivity contribution in [3.05, 3.63) is 59.7 Å². The molecule has 2 unspecified atom stereocenters. The Hall–Kier alpha value is -1.71. The summed E-state index contributed by atoms with van der Waals surface area (Å²) in [5, 5.41) is 6.79. The first-order chi connectivity index (χ1) is 11.7. The minimum atomic E-state index is -0.725. The number of carbonyl (C=O) groups excluding carboxylic acids is 1. The summed E-state index contributed by atoms with van der Waals surface area (Å²) in [6.45, 7) is 0.